The summed E-state index contributed by atoms with van der Waals surface area (Å²) in [7, 11) is 0. The van der Waals surface area contributed by atoms with Crippen molar-refractivity contribution in [1.82, 2.24) is 9.13 Å². The molecule has 0 bridgehead atoms. The van der Waals surface area contributed by atoms with Gasteiger partial charge >= 0.3 is 0 Å². The van der Waals surface area contributed by atoms with Gasteiger partial charge in [-0.1, -0.05) is 321 Å². The van der Waals surface area contributed by atoms with E-state index in [1.807, 2.05) is 30.3 Å². The van der Waals surface area contributed by atoms with Crippen LogP contribution in [-0.2, 0) is 0 Å². The number of para-hydroxylation sites is 4. The molecule has 2 aromatic heterocycles. The van der Waals surface area contributed by atoms with Gasteiger partial charge in [0.2, 0.25) is 0 Å². The highest BCUT2D eigenvalue weighted by Gasteiger charge is 2.20. The Morgan fingerprint density at radius 3 is 0.652 bits per heavy atom. The number of benzene rings is 18. The van der Waals surface area contributed by atoms with Crippen molar-refractivity contribution in [2.24, 2.45) is 0 Å². The maximum Gasteiger partial charge on any atom is 0.0991 e. The van der Waals surface area contributed by atoms with Gasteiger partial charge in [-0.05, 0) is 229 Å². The average Bonchev–Trinajstić information content (AvgIpc) is 1.60. The summed E-state index contributed by atoms with van der Waals surface area (Å²) in [5.41, 5.74) is 34.4. The molecule has 0 radical (unpaired) electrons. The summed E-state index contributed by atoms with van der Waals surface area (Å²) in [5, 5.41) is 14.3. The Balaban J connectivity index is 0.000000154. The van der Waals surface area contributed by atoms with Gasteiger partial charge in [0, 0.05) is 67.0 Å². The minimum absolute atomic E-state index is 0.656. The van der Waals surface area contributed by atoms with Crippen LogP contribution in [0.1, 0.15) is 11.1 Å². The molecule has 0 spiro atoms. The Kier molecular flexibility index (Phi) is 19.0. The average molecular weight is 1470 g/mol. The van der Waals surface area contributed by atoms with E-state index in [1.165, 1.54) is 110 Å². The molecular formula is C110H77N5. The molecule has 0 amide bonds. The van der Waals surface area contributed by atoms with Crippen molar-refractivity contribution in [3.63, 3.8) is 0 Å². The van der Waals surface area contributed by atoms with Crippen molar-refractivity contribution < 1.29 is 0 Å². The number of hydrogen-bond acceptors (Lipinski definition) is 3. The molecule has 0 N–H and O–H groups in total. The normalized spacial score (nSPS) is 11.2. The van der Waals surface area contributed by atoms with Gasteiger partial charge in [-0.2, -0.15) is 5.26 Å². The van der Waals surface area contributed by atoms with Gasteiger partial charge < -0.3 is 18.9 Å². The van der Waals surface area contributed by atoms with Gasteiger partial charge in [-0.25, -0.2) is 0 Å². The summed E-state index contributed by atoms with van der Waals surface area (Å²) in [6.07, 6.45) is 0. The molecule has 542 valence electrons. The van der Waals surface area contributed by atoms with Crippen LogP contribution in [-0.4, -0.2) is 9.13 Å². The highest BCUT2D eigenvalue weighted by atomic mass is 15.1. The number of nitriles is 1. The van der Waals surface area contributed by atoms with E-state index in [9.17, 15) is 5.26 Å². The van der Waals surface area contributed by atoms with Crippen LogP contribution in [0.15, 0.2) is 449 Å². The van der Waals surface area contributed by atoms with Crippen LogP contribution in [0.5, 0.6) is 0 Å². The van der Waals surface area contributed by atoms with E-state index in [2.05, 4.69) is 451 Å². The number of nitrogens with zero attached hydrogens (tertiary/aromatic N) is 5. The molecule has 0 aliphatic carbocycles. The van der Waals surface area contributed by atoms with E-state index in [0.29, 0.717) is 5.56 Å². The first-order valence-corrected chi connectivity index (χ1v) is 39.1. The monoisotopic (exact) mass is 1470 g/mol. The van der Waals surface area contributed by atoms with Gasteiger partial charge in [-0.3, -0.25) is 0 Å². The summed E-state index contributed by atoms with van der Waals surface area (Å²) in [4.78, 5) is 4.65. The molecule has 5 nitrogen and oxygen atoms in total. The van der Waals surface area contributed by atoms with E-state index >= 15 is 0 Å². The molecule has 0 saturated heterocycles. The fourth-order valence-corrected chi connectivity index (χ4v) is 16.2. The molecular weight excluding hydrogens is 1390 g/mol. The number of hydrogen-bond donors (Lipinski definition) is 0. The second-order valence-electron chi connectivity index (χ2n) is 29.2. The molecule has 0 fully saturated rings. The van der Waals surface area contributed by atoms with Crippen molar-refractivity contribution in [3.8, 4) is 106 Å². The number of rotatable bonds is 16. The number of fused-ring (bicyclic) bond motifs is 6. The second-order valence-corrected chi connectivity index (χ2v) is 29.2. The lowest BCUT2D eigenvalue weighted by atomic mass is 9.99. The highest BCUT2D eigenvalue weighted by Crippen LogP contribution is 2.43. The van der Waals surface area contributed by atoms with E-state index in [-0.39, 0.29) is 0 Å². The smallest absolute Gasteiger partial charge is 0.0991 e. The van der Waals surface area contributed by atoms with Crippen molar-refractivity contribution >= 4 is 77.7 Å². The van der Waals surface area contributed by atoms with Crippen molar-refractivity contribution in [2.75, 3.05) is 9.80 Å². The Labute approximate surface area is 671 Å². The van der Waals surface area contributed by atoms with Crippen LogP contribution in [0.4, 0.5) is 34.1 Å². The highest BCUT2D eigenvalue weighted by molar-refractivity contribution is 6.10. The van der Waals surface area contributed by atoms with Gasteiger partial charge in [-0.15, -0.1) is 0 Å². The first kappa shape index (κ1) is 70.1. The molecule has 115 heavy (non-hydrogen) atoms. The topological polar surface area (TPSA) is 40.1 Å². The molecule has 5 heteroatoms. The lowest BCUT2D eigenvalue weighted by molar-refractivity contribution is 1.18. The number of aryl methyl sites for hydroxylation is 1. The van der Waals surface area contributed by atoms with Gasteiger partial charge in [0.1, 0.15) is 0 Å². The third-order valence-corrected chi connectivity index (χ3v) is 22.2. The fraction of sp³-hybridized carbons (Fsp3) is 0.00909. The maximum atomic E-state index is 9.29. The summed E-state index contributed by atoms with van der Waals surface area (Å²) in [5.74, 6) is 0. The van der Waals surface area contributed by atoms with E-state index in [4.69, 9.17) is 0 Å². The van der Waals surface area contributed by atoms with Crippen molar-refractivity contribution in [1.29, 1.82) is 5.26 Å². The lowest BCUT2D eigenvalue weighted by Crippen LogP contribution is -2.09. The second kappa shape index (κ2) is 31.2. The zero-order valence-electron chi connectivity index (χ0n) is 63.5. The summed E-state index contributed by atoms with van der Waals surface area (Å²) in [6.45, 7) is 2.13. The zero-order chi connectivity index (χ0) is 77.0. The van der Waals surface area contributed by atoms with Gasteiger partial charge in [0.05, 0.1) is 33.7 Å². The quantitative estimate of drug-likeness (QED) is 0.0968. The predicted molar refractivity (Wildman–Crippen MR) is 484 cm³/mol. The van der Waals surface area contributed by atoms with Crippen LogP contribution < -0.4 is 9.80 Å². The Hall–Kier alpha value is -15.4. The molecule has 0 saturated carbocycles. The van der Waals surface area contributed by atoms with Crippen LogP contribution in [0.2, 0.25) is 0 Å². The van der Waals surface area contributed by atoms with E-state index in [1.54, 1.807) is 0 Å². The SMILES string of the molecule is Cc1ccc(-c2ccc(-c3ccc(N(c4ccc(-c5ccccc5)cc4)c4ccc(-c5cccc(-n6c7ccccc7c7ccccc76)c5)cc4)cc3)cc2)cc1.N#Cc1ccc(-c2ccc(N(c3ccc(-c4ccc(-c5ccccc5)cc4)cc3)c3ccc(-c4cccc(-n5c6ccccc6c6ccccc65)c4)cc3)cc2)cc1. The predicted octanol–water partition coefficient (Wildman–Crippen LogP) is 30.0. The van der Waals surface area contributed by atoms with Crippen LogP contribution in [0.3, 0.4) is 0 Å². The fourth-order valence-electron chi connectivity index (χ4n) is 16.2. The van der Waals surface area contributed by atoms with Crippen LogP contribution in [0, 0.1) is 18.3 Å². The first-order valence-electron chi connectivity index (χ1n) is 39.1. The molecule has 0 aliphatic heterocycles. The molecule has 0 aliphatic rings. The maximum absolute atomic E-state index is 9.29. The van der Waals surface area contributed by atoms with Gasteiger partial charge in [0.25, 0.3) is 0 Å². The Bertz CT molecular complexity index is 6760. The zero-order valence-corrected chi connectivity index (χ0v) is 63.5. The Morgan fingerprint density at radius 1 is 0.191 bits per heavy atom. The van der Waals surface area contributed by atoms with Crippen LogP contribution >= 0.6 is 0 Å². The van der Waals surface area contributed by atoms with Gasteiger partial charge in [0.15, 0.2) is 0 Å². The molecule has 18 aromatic carbocycles. The number of anilines is 6. The minimum atomic E-state index is 0.656. The lowest BCUT2D eigenvalue weighted by Gasteiger charge is -2.26. The summed E-state index contributed by atoms with van der Waals surface area (Å²) < 4.78 is 4.75. The number of aromatic nitrogens is 2. The standard InChI is InChI=1S/C55H37N3.C55H40N2/c56-38-39-17-19-41(20-18-39)44-25-31-48(32-26-44)57(49-33-27-45(28-34-49)43-23-21-42(22-24-43)40-9-2-1-3-10-40)50-35-29-46(30-36-50)47-11-8-12-51(37-47)58-54-15-6-4-13-52(54)53-14-5-7-16-55(53)58;1-39-18-20-41(21-19-39)42-22-24-43(25-23-42)45-28-34-49(35-29-45)56(48-32-26-44(27-33-48)40-10-3-2-4-11-40)50-36-30-46(31-37-50)47-12-9-13-51(38-47)57-54-16-7-5-14-52(54)53-15-6-8-17-55(53)57/h1-37H;2-38H,1H3. The Morgan fingerprint density at radius 2 is 0.391 bits per heavy atom. The minimum Gasteiger partial charge on any atom is -0.311 e. The third-order valence-electron chi connectivity index (χ3n) is 22.2. The first-order chi connectivity index (χ1) is 56.9. The molecule has 2 heterocycles. The van der Waals surface area contributed by atoms with E-state index in [0.717, 1.165) is 73.3 Å². The third kappa shape index (κ3) is 14.2. The largest absolute Gasteiger partial charge is 0.311 e. The molecule has 0 atom stereocenters. The molecule has 20 aromatic rings. The van der Waals surface area contributed by atoms with E-state index < -0.39 is 0 Å². The molecule has 0 unspecified atom stereocenters. The van der Waals surface area contributed by atoms with Crippen molar-refractivity contribution in [2.45, 2.75) is 6.92 Å². The summed E-state index contributed by atoms with van der Waals surface area (Å²) >= 11 is 0. The van der Waals surface area contributed by atoms with Crippen LogP contribution in [0.25, 0.3) is 144 Å². The summed E-state index contributed by atoms with van der Waals surface area (Å²) in [6, 6.07) is 163. The van der Waals surface area contributed by atoms with Crippen molar-refractivity contribution in [3.05, 3.63) is 460 Å². The molecule has 20 rings (SSSR count).